The molecule has 0 heterocycles. The van der Waals surface area contributed by atoms with Crippen molar-refractivity contribution in [1.29, 1.82) is 0 Å². The maximum Gasteiger partial charge on any atom is 0.0642 e. The smallest absolute Gasteiger partial charge is 0.0642 e. The molecule has 0 radical (unpaired) electrons. The summed E-state index contributed by atoms with van der Waals surface area (Å²) in [4.78, 5) is 0. The van der Waals surface area contributed by atoms with Crippen molar-refractivity contribution < 1.29 is 15.3 Å². The van der Waals surface area contributed by atoms with E-state index < -0.39 is 5.60 Å². The van der Waals surface area contributed by atoms with E-state index in [2.05, 4.69) is 13.8 Å². The summed E-state index contributed by atoms with van der Waals surface area (Å²) in [5.41, 5.74) is 0.437. The van der Waals surface area contributed by atoms with Crippen LogP contribution in [0.2, 0.25) is 0 Å². The molecule has 0 aliphatic carbocycles. The van der Waals surface area contributed by atoms with Crippen LogP contribution in [0.25, 0.3) is 0 Å². The van der Waals surface area contributed by atoms with Gasteiger partial charge in [-0.05, 0) is 50.5 Å². The zero-order valence-electron chi connectivity index (χ0n) is 15.9. The van der Waals surface area contributed by atoms with Crippen LogP contribution in [0.5, 0.6) is 0 Å². The quantitative estimate of drug-likeness (QED) is 0.413. The highest BCUT2D eigenvalue weighted by Crippen LogP contribution is 2.22. The predicted octanol–water partition coefficient (Wildman–Crippen LogP) is 4.45. The zero-order valence-corrected chi connectivity index (χ0v) is 15.9. The van der Waals surface area contributed by atoms with Gasteiger partial charge in [0.2, 0.25) is 0 Å². The van der Waals surface area contributed by atoms with Gasteiger partial charge in [0.15, 0.2) is 0 Å². The molecular weight excluding hydrogens is 288 g/mol. The molecule has 0 aromatic rings. The van der Waals surface area contributed by atoms with Gasteiger partial charge >= 0.3 is 0 Å². The number of hydrogen-bond acceptors (Lipinski definition) is 3. The van der Waals surface area contributed by atoms with Gasteiger partial charge in [-0.3, -0.25) is 0 Å². The Balaban J connectivity index is 3.65. The molecule has 0 aliphatic heterocycles. The van der Waals surface area contributed by atoms with E-state index in [9.17, 15) is 5.11 Å². The van der Waals surface area contributed by atoms with Crippen LogP contribution in [0, 0.1) is 11.8 Å². The molecular formula is C20H40O3. The Bertz CT molecular complexity index is 304. The van der Waals surface area contributed by atoms with E-state index in [0.717, 1.165) is 43.1 Å². The second kappa shape index (κ2) is 13.0. The number of aliphatic hydroxyl groups is 3. The fourth-order valence-corrected chi connectivity index (χ4v) is 3.04. The van der Waals surface area contributed by atoms with Crippen LogP contribution in [0.3, 0.4) is 0 Å². The van der Waals surface area contributed by atoms with Crippen LogP contribution in [0.15, 0.2) is 11.6 Å². The van der Waals surface area contributed by atoms with E-state index in [1.165, 1.54) is 32.1 Å². The van der Waals surface area contributed by atoms with Gasteiger partial charge < -0.3 is 15.3 Å². The van der Waals surface area contributed by atoms with Crippen LogP contribution in [-0.4, -0.2) is 34.1 Å². The van der Waals surface area contributed by atoms with Crippen LogP contribution >= 0.6 is 0 Å². The van der Waals surface area contributed by atoms with Gasteiger partial charge in [-0.25, -0.2) is 0 Å². The van der Waals surface area contributed by atoms with Crippen molar-refractivity contribution in [3.05, 3.63) is 11.6 Å². The van der Waals surface area contributed by atoms with Gasteiger partial charge in [-0.15, -0.1) is 0 Å². The lowest BCUT2D eigenvalue weighted by molar-refractivity contribution is 0.0668. The minimum atomic E-state index is -0.522. The lowest BCUT2D eigenvalue weighted by atomic mass is 9.91. The second-order valence-electron chi connectivity index (χ2n) is 7.94. The molecule has 2 atom stereocenters. The molecule has 0 aromatic heterocycles. The molecule has 0 bridgehead atoms. The van der Waals surface area contributed by atoms with Gasteiger partial charge in [0.25, 0.3) is 0 Å². The van der Waals surface area contributed by atoms with Gasteiger partial charge in [-0.2, -0.15) is 0 Å². The Morgan fingerprint density at radius 1 is 0.913 bits per heavy atom. The first-order valence-corrected chi connectivity index (χ1v) is 9.40. The highest BCUT2D eigenvalue weighted by Gasteiger charge is 2.13. The molecule has 0 saturated carbocycles. The molecule has 138 valence electrons. The Morgan fingerprint density at radius 3 is 1.91 bits per heavy atom. The van der Waals surface area contributed by atoms with Crippen molar-refractivity contribution in [2.75, 3.05) is 13.2 Å². The van der Waals surface area contributed by atoms with Crippen molar-refractivity contribution in [2.24, 2.45) is 11.8 Å². The molecule has 0 spiro atoms. The average molecular weight is 329 g/mol. The van der Waals surface area contributed by atoms with Crippen LogP contribution in [0.4, 0.5) is 0 Å². The van der Waals surface area contributed by atoms with Gasteiger partial charge in [0, 0.05) is 0 Å². The fourth-order valence-electron chi connectivity index (χ4n) is 3.04. The summed E-state index contributed by atoms with van der Waals surface area (Å²) in [6.07, 6.45) is 12.0. The van der Waals surface area contributed by atoms with Gasteiger partial charge in [0.1, 0.15) is 0 Å². The molecule has 3 heteroatoms. The maximum atomic E-state index is 9.72. The number of aliphatic hydroxyl groups excluding tert-OH is 2. The molecule has 0 amide bonds. The summed E-state index contributed by atoms with van der Waals surface area (Å²) < 4.78 is 0. The molecule has 0 fully saturated rings. The third kappa shape index (κ3) is 14.9. The second-order valence-corrected chi connectivity index (χ2v) is 7.94. The Hall–Kier alpha value is -0.380. The molecule has 0 rings (SSSR count). The summed E-state index contributed by atoms with van der Waals surface area (Å²) >= 11 is 0. The van der Waals surface area contributed by atoms with E-state index >= 15 is 0 Å². The zero-order chi connectivity index (χ0) is 17.7. The topological polar surface area (TPSA) is 60.7 Å². The number of hydrogen-bond donors (Lipinski definition) is 3. The third-order valence-electron chi connectivity index (χ3n) is 4.66. The Labute approximate surface area is 143 Å². The van der Waals surface area contributed by atoms with E-state index in [1.807, 2.05) is 13.8 Å². The molecule has 3 nitrogen and oxygen atoms in total. The minimum Gasteiger partial charge on any atom is -0.392 e. The van der Waals surface area contributed by atoms with Crippen molar-refractivity contribution >= 4 is 0 Å². The highest BCUT2D eigenvalue weighted by atomic mass is 16.3. The molecule has 3 N–H and O–H groups in total. The normalized spacial score (nSPS) is 15.7. The van der Waals surface area contributed by atoms with Crippen molar-refractivity contribution in [3.8, 4) is 0 Å². The Kier molecular flexibility index (Phi) is 12.8. The van der Waals surface area contributed by atoms with E-state index in [0.29, 0.717) is 0 Å². The summed E-state index contributed by atoms with van der Waals surface area (Å²) in [7, 11) is 0. The first kappa shape index (κ1) is 22.6. The SMILES string of the molecule is CC(CCC/C(=C/CO)CO)CCCC(C)CCCC(C)(C)O. The lowest BCUT2D eigenvalue weighted by Gasteiger charge is -2.19. The molecule has 0 aromatic carbocycles. The van der Waals surface area contributed by atoms with Crippen LogP contribution < -0.4 is 0 Å². The van der Waals surface area contributed by atoms with Gasteiger partial charge in [-0.1, -0.05) is 58.4 Å². The summed E-state index contributed by atoms with van der Waals surface area (Å²) in [6.45, 7) is 8.50. The molecule has 2 unspecified atom stereocenters. The standard InChI is InChI=1S/C20H40O3/c1-17(10-6-12-19(16-22)13-15-21)8-5-9-18(2)11-7-14-20(3,4)23/h13,17-18,21-23H,5-12,14-16H2,1-4H3/b19-13-. The minimum absolute atomic E-state index is 0.0246. The van der Waals surface area contributed by atoms with Gasteiger partial charge in [0.05, 0.1) is 18.8 Å². The third-order valence-corrected chi connectivity index (χ3v) is 4.66. The Morgan fingerprint density at radius 2 is 1.43 bits per heavy atom. The summed E-state index contributed by atoms with van der Waals surface area (Å²) in [5.74, 6) is 1.48. The van der Waals surface area contributed by atoms with Crippen molar-refractivity contribution in [1.82, 2.24) is 0 Å². The lowest BCUT2D eigenvalue weighted by Crippen LogP contribution is -2.18. The molecule has 0 saturated heterocycles. The highest BCUT2D eigenvalue weighted by molar-refractivity contribution is 5.01. The molecule has 0 aliphatic rings. The summed E-state index contributed by atoms with van der Waals surface area (Å²) in [6, 6.07) is 0. The largest absolute Gasteiger partial charge is 0.392 e. The van der Waals surface area contributed by atoms with Crippen molar-refractivity contribution in [2.45, 2.75) is 91.1 Å². The number of rotatable bonds is 14. The van der Waals surface area contributed by atoms with E-state index in [-0.39, 0.29) is 13.2 Å². The summed E-state index contributed by atoms with van der Waals surface area (Å²) in [5, 5.41) is 27.7. The van der Waals surface area contributed by atoms with Crippen LogP contribution in [-0.2, 0) is 0 Å². The first-order chi connectivity index (χ1) is 10.8. The monoisotopic (exact) mass is 328 g/mol. The molecule has 23 heavy (non-hydrogen) atoms. The van der Waals surface area contributed by atoms with Crippen LogP contribution in [0.1, 0.15) is 85.5 Å². The van der Waals surface area contributed by atoms with E-state index in [1.54, 1.807) is 6.08 Å². The first-order valence-electron chi connectivity index (χ1n) is 9.40. The average Bonchev–Trinajstić information content (AvgIpc) is 2.45. The fraction of sp³-hybridized carbons (Fsp3) is 0.900. The predicted molar refractivity (Wildman–Crippen MR) is 98.4 cm³/mol. The van der Waals surface area contributed by atoms with Crippen molar-refractivity contribution in [3.63, 3.8) is 0 Å². The van der Waals surface area contributed by atoms with E-state index in [4.69, 9.17) is 10.2 Å². The maximum absolute atomic E-state index is 9.72.